The maximum Gasteiger partial charge on any atom is 0.387 e. The van der Waals surface area contributed by atoms with Gasteiger partial charge in [-0.25, -0.2) is 0 Å². The molecule has 0 spiro atoms. The van der Waals surface area contributed by atoms with Gasteiger partial charge in [0.2, 0.25) is 0 Å². The predicted molar refractivity (Wildman–Crippen MR) is 102 cm³/mol. The Balaban J connectivity index is 0.00000243. The van der Waals surface area contributed by atoms with Crippen LogP contribution in [-0.4, -0.2) is 43.6 Å². The minimum absolute atomic E-state index is 0. The van der Waals surface area contributed by atoms with Crippen LogP contribution in [0.2, 0.25) is 0 Å². The molecule has 1 aliphatic heterocycles. The minimum atomic E-state index is -2.83. The third-order valence-electron chi connectivity index (χ3n) is 4.30. The van der Waals surface area contributed by atoms with Crippen LogP contribution >= 0.6 is 23.7 Å². The molecule has 0 radical (unpaired) electrons. The molecule has 1 unspecified atom stereocenters. The zero-order valence-corrected chi connectivity index (χ0v) is 15.9. The van der Waals surface area contributed by atoms with Crippen LogP contribution in [0.1, 0.15) is 22.5 Å². The van der Waals surface area contributed by atoms with Crippen molar-refractivity contribution in [1.82, 2.24) is 10.2 Å². The van der Waals surface area contributed by atoms with Crippen molar-refractivity contribution in [2.24, 2.45) is 0 Å². The number of nitrogens with one attached hydrogen (secondary N) is 1. The summed E-state index contributed by atoms with van der Waals surface area (Å²) >= 11 is 1.42. The van der Waals surface area contributed by atoms with E-state index in [0.29, 0.717) is 10.9 Å². The second-order valence-corrected chi connectivity index (χ2v) is 7.03. The summed E-state index contributed by atoms with van der Waals surface area (Å²) in [4.78, 5) is 16.2. The van der Waals surface area contributed by atoms with E-state index in [1.807, 2.05) is 24.1 Å². The summed E-state index contributed by atoms with van der Waals surface area (Å²) < 4.78 is 28.8. The van der Waals surface area contributed by atoms with E-state index in [1.165, 1.54) is 23.5 Å². The van der Waals surface area contributed by atoms with Gasteiger partial charge >= 0.3 is 6.61 Å². The molecule has 0 bridgehead atoms. The number of thiophene rings is 1. The molecule has 1 aliphatic rings. The van der Waals surface area contributed by atoms with Gasteiger partial charge in [0, 0.05) is 24.0 Å². The average Bonchev–Trinajstić information content (AvgIpc) is 3.11. The van der Waals surface area contributed by atoms with Crippen LogP contribution in [0.3, 0.4) is 0 Å². The van der Waals surface area contributed by atoms with Crippen molar-refractivity contribution in [2.45, 2.75) is 25.5 Å². The molecule has 1 N–H and O–H groups in total. The van der Waals surface area contributed by atoms with Gasteiger partial charge in [0.05, 0.1) is 4.88 Å². The fourth-order valence-corrected chi connectivity index (χ4v) is 3.94. The van der Waals surface area contributed by atoms with E-state index in [-0.39, 0.29) is 24.1 Å². The number of carbonyl (C=O) groups excluding carboxylic acids is 1. The van der Waals surface area contributed by atoms with E-state index in [1.54, 1.807) is 12.1 Å². The molecule has 0 saturated carbocycles. The Labute approximate surface area is 161 Å². The zero-order chi connectivity index (χ0) is 17.8. The van der Waals surface area contributed by atoms with Crippen molar-refractivity contribution in [2.75, 3.05) is 20.1 Å². The van der Waals surface area contributed by atoms with Gasteiger partial charge in [0.1, 0.15) is 5.75 Å². The highest BCUT2D eigenvalue weighted by Crippen LogP contribution is 2.30. The van der Waals surface area contributed by atoms with E-state index in [4.69, 9.17) is 0 Å². The van der Waals surface area contributed by atoms with Crippen molar-refractivity contribution < 1.29 is 18.3 Å². The normalized spacial score (nSPS) is 17.1. The highest BCUT2D eigenvalue weighted by molar-refractivity contribution is 7.17. The molecule has 1 aromatic heterocycles. The molecule has 0 aliphatic carbocycles. The van der Waals surface area contributed by atoms with Crippen molar-refractivity contribution in [1.29, 1.82) is 0 Å². The molecule has 3 rings (SSSR count). The van der Waals surface area contributed by atoms with Gasteiger partial charge in [-0.1, -0.05) is 0 Å². The number of halogens is 3. The maximum atomic E-state index is 12.7. The average molecular weight is 403 g/mol. The highest BCUT2D eigenvalue weighted by Gasteiger charge is 2.24. The minimum Gasteiger partial charge on any atom is -0.435 e. The predicted octanol–water partition coefficient (Wildman–Crippen LogP) is 4.26. The number of piperidine rings is 1. The van der Waals surface area contributed by atoms with E-state index < -0.39 is 6.61 Å². The van der Waals surface area contributed by atoms with E-state index in [2.05, 4.69) is 10.1 Å². The van der Waals surface area contributed by atoms with E-state index >= 15 is 0 Å². The highest BCUT2D eigenvalue weighted by atomic mass is 35.5. The number of likely N-dealkylation sites (N-methyl/N-ethyl adjacent to an activating group) is 1. The summed E-state index contributed by atoms with van der Waals surface area (Å²) in [5.74, 6) is 0.173. The van der Waals surface area contributed by atoms with Crippen LogP contribution in [0, 0.1) is 0 Å². The molecule has 1 saturated heterocycles. The Morgan fingerprint density at radius 1 is 1.27 bits per heavy atom. The summed E-state index contributed by atoms with van der Waals surface area (Å²) in [5.41, 5.74) is 0.873. The molecule has 26 heavy (non-hydrogen) atoms. The van der Waals surface area contributed by atoms with Crippen LogP contribution < -0.4 is 10.1 Å². The summed E-state index contributed by atoms with van der Waals surface area (Å²) in [5, 5.41) is 3.23. The quantitative estimate of drug-likeness (QED) is 0.812. The van der Waals surface area contributed by atoms with Gasteiger partial charge in [-0.3, -0.25) is 4.79 Å². The van der Waals surface area contributed by atoms with Crippen LogP contribution in [0.25, 0.3) is 10.4 Å². The lowest BCUT2D eigenvalue weighted by Gasteiger charge is -2.32. The Kier molecular flexibility index (Phi) is 7.37. The SMILES string of the molecule is CNC1CCCN(C(=O)c2ccc(-c3ccc(OC(F)F)cc3)s2)C1.Cl. The van der Waals surface area contributed by atoms with Crippen molar-refractivity contribution in [3.8, 4) is 16.2 Å². The molecule has 2 heterocycles. The van der Waals surface area contributed by atoms with Crippen LogP contribution in [0.15, 0.2) is 36.4 Å². The van der Waals surface area contributed by atoms with Crippen molar-refractivity contribution in [3.05, 3.63) is 41.3 Å². The number of nitrogens with zero attached hydrogens (tertiary/aromatic N) is 1. The number of alkyl halides is 2. The lowest BCUT2D eigenvalue weighted by molar-refractivity contribution is -0.0498. The van der Waals surface area contributed by atoms with Gasteiger partial charge in [-0.05, 0) is 61.9 Å². The van der Waals surface area contributed by atoms with Crippen molar-refractivity contribution in [3.63, 3.8) is 0 Å². The summed E-state index contributed by atoms with van der Waals surface area (Å²) in [7, 11) is 1.92. The monoisotopic (exact) mass is 402 g/mol. The smallest absolute Gasteiger partial charge is 0.387 e. The topological polar surface area (TPSA) is 41.6 Å². The summed E-state index contributed by atoms with van der Waals surface area (Å²) in [6.45, 7) is -1.32. The fourth-order valence-electron chi connectivity index (χ4n) is 2.96. The van der Waals surface area contributed by atoms with Gasteiger partial charge in [-0.2, -0.15) is 8.78 Å². The molecule has 8 heteroatoms. The third-order valence-corrected chi connectivity index (χ3v) is 5.42. The third kappa shape index (κ3) is 4.93. The van der Waals surface area contributed by atoms with Crippen molar-refractivity contribution >= 4 is 29.7 Å². The first-order chi connectivity index (χ1) is 12.1. The van der Waals surface area contributed by atoms with Crippen LogP contribution in [-0.2, 0) is 0 Å². The lowest BCUT2D eigenvalue weighted by atomic mass is 10.1. The first-order valence-corrected chi connectivity index (χ1v) is 9.00. The second kappa shape index (κ2) is 9.30. The van der Waals surface area contributed by atoms with Crippen LogP contribution in [0.5, 0.6) is 5.75 Å². The second-order valence-electron chi connectivity index (χ2n) is 5.95. The number of ether oxygens (including phenoxy) is 1. The molecule has 1 aromatic carbocycles. The van der Waals surface area contributed by atoms with E-state index in [9.17, 15) is 13.6 Å². The maximum absolute atomic E-state index is 12.7. The Bertz CT molecular complexity index is 724. The molecule has 4 nitrogen and oxygen atoms in total. The largest absolute Gasteiger partial charge is 0.435 e. The molecule has 142 valence electrons. The Hall–Kier alpha value is -1.70. The van der Waals surface area contributed by atoms with E-state index in [0.717, 1.165) is 36.4 Å². The number of amides is 1. The molecule has 1 amide bonds. The molecule has 1 fully saturated rings. The van der Waals surface area contributed by atoms with Crippen LogP contribution in [0.4, 0.5) is 8.78 Å². The summed E-state index contributed by atoms with van der Waals surface area (Å²) in [6.07, 6.45) is 2.09. The number of hydrogen-bond acceptors (Lipinski definition) is 4. The van der Waals surface area contributed by atoms with Gasteiger partial charge in [0.25, 0.3) is 5.91 Å². The first kappa shape index (κ1) is 20.6. The number of hydrogen-bond donors (Lipinski definition) is 1. The molecular weight excluding hydrogens is 382 g/mol. The zero-order valence-electron chi connectivity index (χ0n) is 14.3. The Morgan fingerprint density at radius 3 is 2.65 bits per heavy atom. The van der Waals surface area contributed by atoms with Gasteiger partial charge in [0.15, 0.2) is 0 Å². The lowest BCUT2D eigenvalue weighted by Crippen LogP contribution is -2.46. The fraction of sp³-hybridized carbons (Fsp3) is 0.389. The Morgan fingerprint density at radius 2 is 2.00 bits per heavy atom. The standard InChI is InChI=1S/C18H20F2N2O2S.ClH/c1-21-13-3-2-10-22(11-13)17(23)16-9-8-15(25-16)12-4-6-14(7-5-12)24-18(19)20;/h4-9,13,18,21H,2-3,10-11H2,1H3;1H. The summed E-state index contributed by atoms with van der Waals surface area (Å²) in [6, 6.07) is 10.5. The number of rotatable bonds is 5. The number of benzene rings is 1. The van der Waals surface area contributed by atoms with Gasteiger partial charge < -0.3 is 15.0 Å². The molecular formula is C18H21ClF2N2O2S. The number of carbonyl (C=O) groups is 1. The molecule has 2 aromatic rings. The van der Waals surface area contributed by atoms with Gasteiger partial charge in [-0.15, -0.1) is 23.7 Å². The number of likely N-dealkylation sites (tertiary alicyclic amines) is 1. The molecule has 1 atom stereocenters. The first-order valence-electron chi connectivity index (χ1n) is 8.18.